The molecule has 3 rings (SSSR count). The Morgan fingerprint density at radius 1 is 1.06 bits per heavy atom. The fourth-order valence-corrected chi connectivity index (χ4v) is 6.51. The Balaban J connectivity index is 1.87. The molecule has 0 heterocycles. The van der Waals surface area contributed by atoms with Gasteiger partial charge in [-0.15, -0.1) is 0 Å². The Morgan fingerprint density at radius 2 is 1.71 bits per heavy atom. The van der Waals surface area contributed by atoms with E-state index in [4.69, 9.17) is 11.6 Å². The van der Waals surface area contributed by atoms with Gasteiger partial charge < -0.3 is 15.4 Å². The summed E-state index contributed by atoms with van der Waals surface area (Å²) < 4.78 is 71.4. The molecule has 12 heteroatoms. The largest absolute Gasteiger partial charge is 0.453 e. The number of hydrogen-bond donors (Lipinski definition) is 2. The van der Waals surface area contributed by atoms with Crippen LogP contribution in [0.25, 0.3) is 0 Å². The van der Waals surface area contributed by atoms with E-state index in [0.717, 1.165) is 6.07 Å². The first kappa shape index (κ1) is 25.8. The molecule has 2 N–H and O–H groups in total. The van der Waals surface area contributed by atoms with Crippen molar-refractivity contribution in [1.82, 2.24) is 5.32 Å². The minimum Gasteiger partial charge on any atom is -0.453 e. The van der Waals surface area contributed by atoms with Crippen LogP contribution in [0.3, 0.4) is 0 Å². The quantitative estimate of drug-likeness (QED) is 0.559. The van der Waals surface area contributed by atoms with Crippen LogP contribution in [0.15, 0.2) is 35.2 Å². The summed E-state index contributed by atoms with van der Waals surface area (Å²) in [6, 6.07) is 4.32. The van der Waals surface area contributed by atoms with E-state index in [2.05, 4.69) is 15.4 Å². The fourth-order valence-electron chi connectivity index (χ4n) is 4.01. The summed E-state index contributed by atoms with van der Waals surface area (Å²) in [7, 11) is -2.81. The van der Waals surface area contributed by atoms with Crippen molar-refractivity contribution >= 4 is 39.1 Å². The first-order valence-electron chi connectivity index (χ1n) is 10.3. The molecule has 0 spiro atoms. The third-order valence-corrected chi connectivity index (χ3v) is 8.24. The van der Waals surface area contributed by atoms with Crippen molar-refractivity contribution in [2.45, 2.75) is 42.4 Å². The Labute approximate surface area is 199 Å². The minimum atomic E-state index is -4.02. The van der Waals surface area contributed by atoms with Crippen LogP contribution in [-0.2, 0) is 14.6 Å². The van der Waals surface area contributed by atoms with E-state index in [9.17, 15) is 31.2 Å². The number of amides is 2. The summed E-state index contributed by atoms with van der Waals surface area (Å²) in [6.45, 7) is 1.86. The predicted octanol–water partition coefficient (Wildman–Crippen LogP) is 4.70. The average molecular weight is 519 g/mol. The summed E-state index contributed by atoms with van der Waals surface area (Å²) in [5.41, 5.74) is -0.486. The summed E-state index contributed by atoms with van der Waals surface area (Å²) in [4.78, 5) is 23.9. The Kier molecular flexibility index (Phi) is 7.77. The lowest BCUT2D eigenvalue weighted by molar-refractivity contribution is 0.102. The molecule has 0 radical (unpaired) electrons. The summed E-state index contributed by atoms with van der Waals surface area (Å²) in [5, 5.41) is 3.84. The standard InChI is InChI=1S/C22H22ClF3N2O5S/c1-11-5-13(28-22(30)33-2)8-15(6-11)34(31,32)19-7-12(3-4-16(19)23)21(29)27-14-9-17(24)20(26)18(25)10-14/h3-4,7,9-11,13,15H,5-6,8H2,1-2H3,(H,27,29)(H,28,30). The number of halogens is 4. The van der Waals surface area contributed by atoms with E-state index in [0.29, 0.717) is 25.0 Å². The van der Waals surface area contributed by atoms with Crippen molar-refractivity contribution < 1.29 is 35.9 Å². The smallest absolute Gasteiger partial charge is 0.407 e. The molecule has 1 aliphatic rings. The van der Waals surface area contributed by atoms with Gasteiger partial charge in [0.2, 0.25) is 0 Å². The van der Waals surface area contributed by atoms with Crippen LogP contribution in [0.4, 0.5) is 23.7 Å². The van der Waals surface area contributed by atoms with E-state index in [1.54, 1.807) is 0 Å². The molecular weight excluding hydrogens is 497 g/mol. The van der Waals surface area contributed by atoms with Gasteiger partial charge in [0.15, 0.2) is 27.3 Å². The number of nitrogens with one attached hydrogen (secondary N) is 2. The highest BCUT2D eigenvalue weighted by atomic mass is 35.5. The number of alkyl carbamates (subject to hydrolysis) is 1. The lowest BCUT2D eigenvalue weighted by Crippen LogP contribution is -2.44. The number of benzene rings is 2. The van der Waals surface area contributed by atoms with Crippen LogP contribution in [0.1, 0.15) is 36.5 Å². The maximum absolute atomic E-state index is 13.4. The van der Waals surface area contributed by atoms with Crippen LogP contribution in [0, 0.1) is 23.4 Å². The zero-order valence-corrected chi connectivity index (χ0v) is 19.8. The Morgan fingerprint density at radius 3 is 2.32 bits per heavy atom. The number of rotatable bonds is 5. The zero-order valence-electron chi connectivity index (χ0n) is 18.2. The number of anilines is 1. The summed E-state index contributed by atoms with van der Waals surface area (Å²) in [6.07, 6.45) is 0.355. The second-order valence-corrected chi connectivity index (χ2v) is 10.8. The lowest BCUT2D eigenvalue weighted by atomic mass is 9.87. The second-order valence-electron chi connectivity index (χ2n) is 8.17. The zero-order chi connectivity index (χ0) is 25.2. The maximum Gasteiger partial charge on any atom is 0.407 e. The van der Waals surface area contributed by atoms with E-state index in [1.165, 1.54) is 19.2 Å². The molecule has 1 fully saturated rings. The van der Waals surface area contributed by atoms with Gasteiger partial charge in [0.25, 0.3) is 5.91 Å². The monoisotopic (exact) mass is 518 g/mol. The molecule has 1 aliphatic carbocycles. The molecular formula is C22H22ClF3N2O5S. The SMILES string of the molecule is COC(=O)NC1CC(C)CC(S(=O)(=O)c2cc(C(=O)Nc3cc(F)c(F)c(F)c3)ccc2Cl)C1. The van der Waals surface area contributed by atoms with Gasteiger partial charge in [-0.3, -0.25) is 4.79 Å². The van der Waals surface area contributed by atoms with Gasteiger partial charge in [-0.2, -0.15) is 0 Å². The van der Waals surface area contributed by atoms with Crippen molar-refractivity contribution in [2.75, 3.05) is 12.4 Å². The van der Waals surface area contributed by atoms with Gasteiger partial charge in [0.05, 0.1) is 22.3 Å². The molecule has 184 valence electrons. The highest BCUT2D eigenvalue weighted by Crippen LogP contribution is 2.35. The van der Waals surface area contributed by atoms with Crippen LogP contribution in [0.5, 0.6) is 0 Å². The molecule has 0 aliphatic heterocycles. The van der Waals surface area contributed by atoms with Crippen LogP contribution in [-0.4, -0.2) is 38.8 Å². The van der Waals surface area contributed by atoms with E-state index >= 15 is 0 Å². The third kappa shape index (κ3) is 5.64. The molecule has 3 unspecified atom stereocenters. The second kappa shape index (κ2) is 10.2. The molecule has 0 aromatic heterocycles. The number of carbonyl (C=O) groups excluding carboxylic acids is 2. The normalized spacial score (nSPS) is 20.5. The first-order chi connectivity index (χ1) is 15.9. The van der Waals surface area contributed by atoms with Gasteiger partial charge in [-0.25, -0.2) is 26.4 Å². The van der Waals surface area contributed by atoms with Crippen molar-refractivity contribution in [3.63, 3.8) is 0 Å². The number of carbonyl (C=O) groups is 2. The molecule has 2 aromatic carbocycles. The van der Waals surface area contributed by atoms with Gasteiger partial charge in [0.1, 0.15) is 0 Å². The van der Waals surface area contributed by atoms with Gasteiger partial charge in [0, 0.05) is 29.4 Å². The van der Waals surface area contributed by atoms with Crippen molar-refractivity contribution in [3.8, 4) is 0 Å². The molecule has 2 aromatic rings. The molecule has 7 nitrogen and oxygen atoms in total. The highest BCUT2D eigenvalue weighted by Gasteiger charge is 2.37. The highest BCUT2D eigenvalue weighted by molar-refractivity contribution is 7.92. The Hall–Kier alpha value is -2.79. The maximum atomic E-state index is 13.4. The summed E-state index contributed by atoms with van der Waals surface area (Å²) in [5.74, 6) is -5.56. The number of ether oxygens (including phenoxy) is 1. The molecule has 2 amide bonds. The third-order valence-electron chi connectivity index (χ3n) is 5.59. The number of methoxy groups -OCH3 is 1. The molecule has 0 bridgehead atoms. The summed E-state index contributed by atoms with van der Waals surface area (Å²) >= 11 is 6.16. The number of sulfone groups is 1. The molecule has 1 saturated carbocycles. The van der Waals surface area contributed by atoms with E-state index in [-0.39, 0.29) is 33.5 Å². The van der Waals surface area contributed by atoms with Gasteiger partial charge >= 0.3 is 6.09 Å². The van der Waals surface area contributed by atoms with Gasteiger partial charge in [-0.1, -0.05) is 18.5 Å². The molecule has 34 heavy (non-hydrogen) atoms. The molecule has 0 saturated heterocycles. The Bertz CT molecular complexity index is 1200. The van der Waals surface area contributed by atoms with Crippen LogP contribution in [0.2, 0.25) is 5.02 Å². The van der Waals surface area contributed by atoms with Crippen molar-refractivity contribution in [1.29, 1.82) is 0 Å². The van der Waals surface area contributed by atoms with Gasteiger partial charge in [-0.05, 0) is 43.4 Å². The van der Waals surface area contributed by atoms with Crippen LogP contribution < -0.4 is 10.6 Å². The fraction of sp³-hybridized carbons (Fsp3) is 0.364. The average Bonchev–Trinajstić information content (AvgIpc) is 2.77. The van der Waals surface area contributed by atoms with Crippen molar-refractivity contribution in [2.24, 2.45) is 5.92 Å². The van der Waals surface area contributed by atoms with E-state index < -0.39 is 50.6 Å². The van der Waals surface area contributed by atoms with E-state index in [1.807, 2.05) is 6.92 Å². The topological polar surface area (TPSA) is 102 Å². The molecule has 3 atom stereocenters. The lowest BCUT2D eigenvalue weighted by Gasteiger charge is -2.33. The first-order valence-corrected chi connectivity index (χ1v) is 12.2. The predicted molar refractivity (Wildman–Crippen MR) is 119 cm³/mol. The van der Waals surface area contributed by atoms with Crippen molar-refractivity contribution in [3.05, 3.63) is 58.4 Å². The minimum absolute atomic E-state index is 0.0239. The number of hydrogen-bond acceptors (Lipinski definition) is 5. The van der Waals surface area contributed by atoms with Crippen LogP contribution >= 0.6 is 11.6 Å².